The van der Waals surface area contributed by atoms with Gasteiger partial charge in [-0.2, -0.15) is 5.26 Å². The summed E-state index contributed by atoms with van der Waals surface area (Å²) in [5.74, 6) is -0.981. The van der Waals surface area contributed by atoms with Crippen molar-refractivity contribution < 1.29 is 9.18 Å². The van der Waals surface area contributed by atoms with Crippen LogP contribution < -0.4 is 10.6 Å². The Morgan fingerprint density at radius 3 is 2.62 bits per heavy atom. The number of carbonyl (C=O) groups excluding carboxylic acids is 1. The standard InChI is InChI=1S/C15H11ClFN3O/c16-11-4-1-2-6-14(11)20-15(21)9-19-13-7-3-5-12(17)10(13)8-18/h1-7,19H,9H2,(H,20,21). The number of anilines is 2. The Hall–Kier alpha value is -2.58. The van der Waals surface area contributed by atoms with Crippen molar-refractivity contribution in [3.8, 4) is 6.07 Å². The predicted octanol–water partition coefficient (Wildman–Crippen LogP) is 3.40. The van der Waals surface area contributed by atoms with Crippen molar-refractivity contribution in [3.05, 3.63) is 58.9 Å². The van der Waals surface area contributed by atoms with Crippen LogP contribution in [0.5, 0.6) is 0 Å². The summed E-state index contributed by atoms with van der Waals surface area (Å²) in [5.41, 5.74) is 0.639. The molecule has 0 atom stereocenters. The van der Waals surface area contributed by atoms with Gasteiger partial charge in [0.15, 0.2) is 0 Å². The van der Waals surface area contributed by atoms with Crippen LogP contribution in [0.25, 0.3) is 0 Å². The van der Waals surface area contributed by atoms with E-state index in [2.05, 4.69) is 10.6 Å². The van der Waals surface area contributed by atoms with Gasteiger partial charge in [-0.3, -0.25) is 4.79 Å². The van der Waals surface area contributed by atoms with Crippen molar-refractivity contribution in [3.63, 3.8) is 0 Å². The first-order chi connectivity index (χ1) is 10.1. The monoisotopic (exact) mass is 303 g/mol. The van der Waals surface area contributed by atoms with E-state index in [9.17, 15) is 9.18 Å². The number of rotatable bonds is 4. The van der Waals surface area contributed by atoms with E-state index in [1.54, 1.807) is 30.3 Å². The molecule has 2 aromatic rings. The molecule has 0 spiro atoms. The van der Waals surface area contributed by atoms with Crippen LogP contribution in [0.2, 0.25) is 5.02 Å². The zero-order chi connectivity index (χ0) is 15.2. The molecular weight excluding hydrogens is 293 g/mol. The fraction of sp³-hybridized carbons (Fsp3) is 0.0667. The largest absolute Gasteiger partial charge is 0.375 e. The van der Waals surface area contributed by atoms with E-state index in [1.807, 2.05) is 0 Å². The molecule has 2 aromatic carbocycles. The minimum Gasteiger partial charge on any atom is -0.375 e. The van der Waals surface area contributed by atoms with Gasteiger partial charge in [0.2, 0.25) is 5.91 Å². The number of amides is 1. The van der Waals surface area contributed by atoms with E-state index in [0.29, 0.717) is 10.7 Å². The molecule has 21 heavy (non-hydrogen) atoms. The van der Waals surface area contributed by atoms with Crippen molar-refractivity contribution in [1.82, 2.24) is 0 Å². The Balaban J connectivity index is 2.01. The fourth-order valence-electron chi connectivity index (χ4n) is 1.72. The molecule has 0 aromatic heterocycles. The van der Waals surface area contributed by atoms with Gasteiger partial charge in [0.25, 0.3) is 0 Å². The summed E-state index contributed by atoms with van der Waals surface area (Å²) in [5, 5.41) is 14.7. The molecule has 0 saturated carbocycles. The molecule has 0 radical (unpaired) electrons. The third-order valence-electron chi connectivity index (χ3n) is 2.71. The van der Waals surface area contributed by atoms with Crippen LogP contribution in [-0.4, -0.2) is 12.5 Å². The van der Waals surface area contributed by atoms with E-state index >= 15 is 0 Å². The van der Waals surface area contributed by atoms with Crippen molar-refractivity contribution in [2.45, 2.75) is 0 Å². The lowest BCUT2D eigenvalue weighted by Crippen LogP contribution is -2.22. The third kappa shape index (κ3) is 3.71. The molecule has 0 saturated heterocycles. The summed E-state index contributed by atoms with van der Waals surface area (Å²) in [6, 6.07) is 12.8. The summed E-state index contributed by atoms with van der Waals surface area (Å²) < 4.78 is 13.4. The van der Waals surface area contributed by atoms with Crippen molar-refractivity contribution in [2.75, 3.05) is 17.2 Å². The first-order valence-corrected chi connectivity index (χ1v) is 6.46. The minimum atomic E-state index is -0.631. The number of para-hydroxylation sites is 1. The number of hydrogen-bond donors (Lipinski definition) is 2. The van der Waals surface area contributed by atoms with E-state index in [4.69, 9.17) is 16.9 Å². The summed E-state index contributed by atoms with van der Waals surface area (Å²) >= 11 is 5.93. The summed E-state index contributed by atoms with van der Waals surface area (Å²) in [6.07, 6.45) is 0. The van der Waals surface area contributed by atoms with Gasteiger partial charge in [-0.1, -0.05) is 29.8 Å². The van der Waals surface area contributed by atoms with E-state index in [-0.39, 0.29) is 23.7 Å². The highest BCUT2D eigenvalue weighted by molar-refractivity contribution is 6.33. The molecule has 106 valence electrons. The van der Waals surface area contributed by atoms with Crippen LogP contribution in [0.1, 0.15) is 5.56 Å². The van der Waals surface area contributed by atoms with Gasteiger partial charge in [-0.05, 0) is 24.3 Å². The molecular formula is C15H11ClFN3O. The van der Waals surface area contributed by atoms with Crippen LogP contribution >= 0.6 is 11.6 Å². The van der Waals surface area contributed by atoms with Gasteiger partial charge in [0, 0.05) is 0 Å². The van der Waals surface area contributed by atoms with Gasteiger partial charge in [-0.25, -0.2) is 4.39 Å². The highest BCUT2D eigenvalue weighted by atomic mass is 35.5. The number of nitrogens with one attached hydrogen (secondary N) is 2. The molecule has 0 bridgehead atoms. The highest BCUT2D eigenvalue weighted by Crippen LogP contribution is 2.20. The van der Waals surface area contributed by atoms with Gasteiger partial charge >= 0.3 is 0 Å². The fourth-order valence-corrected chi connectivity index (χ4v) is 1.90. The van der Waals surface area contributed by atoms with Crippen molar-refractivity contribution in [1.29, 1.82) is 5.26 Å². The van der Waals surface area contributed by atoms with Gasteiger partial charge in [-0.15, -0.1) is 0 Å². The lowest BCUT2D eigenvalue weighted by Gasteiger charge is -2.10. The SMILES string of the molecule is N#Cc1c(F)cccc1NCC(=O)Nc1ccccc1Cl. The molecule has 2 N–H and O–H groups in total. The molecule has 4 nitrogen and oxygen atoms in total. The Morgan fingerprint density at radius 1 is 1.19 bits per heavy atom. The van der Waals surface area contributed by atoms with Crippen LogP contribution in [0.15, 0.2) is 42.5 Å². The van der Waals surface area contributed by atoms with E-state index in [0.717, 1.165) is 0 Å². The number of nitrogens with zero attached hydrogens (tertiary/aromatic N) is 1. The molecule has 0 aliphatic rings. The summed E-state index contributed by atoms with van der Waals surface area (Å²) in [4.78, 5) is 11.8. The van der Waals surface area contributed by atoms with Gasteiger partial charge in [0.05, 0.1) is 22.9 Å². The van der Waals surface area contributed by atoms with Gasteiger partial charge < -0.3 is 10.6 Å². The lowest BCUT2D eigenvalue weighted by molar-refractivity contribution is -0.114. The van der Waals surface area contributed by atoms with Crippen LogP contribution in [-0.2, 0) is 4.79 Å². The number of nitriles is 1. The Labute approximate surface area is 126 Å². The molecule has 0 aliphatic carbocycles. The number of hydrogen-bond acceptors (Lipinski definition) is 3. The molecule has 6 heteroatoms. The second-order valence-corrected chi connectivity index (χ2v) is 4.56. The summed E-state index contributed by atoms with van der Waals surface area (Å²) in [7, 11) is 0. The second-order valence-electron chi connectivity index (χ2n) is 4.16. The van der Waals surface area contributed by atoms with E-state index in [1.165, 1.54) is 18.2 Å². The first-order valence-electron chi connectivity index (χ1n) is 6.08. The quantitative estimate of drug-likeness (QED) is 0.910. The van der Waals surface area contributed by atoms with Crippen LogP contribution in [0, 0.1) is 17.1 Å². The predicted molar refractivity (Wildman–Crippen MR) is 79.7 cm³/mol. The molecule has 0 aliphatic heterocycles. The third-order valence-corrected chi connectivity index (χ3v) is 3.04. The molecule has 2 rings (SSSR count). The first kappa shape index (κ1) is 14.8. The maximum absolute atomic E-state index is 13.4. The Kier molecular flexibility index (Phi) is 4.75. The molecule has 0 heterocycles. The summed E-state index contributed by atoms with van der Waals surface area (Å²) in [6.45, 7) is -0.108. The molecule has 0 fully saturated rings. The highest BCUT2D eigenvalue weighted by Gasteiger charge is 2.09. The average molecular weight is 304 g/mol. The molecule has 0 unspecified atom stereocenters. The number of halogens is 2. The maximum Gasteiger partial charge on any atom is 0.243 e. The zero-order valence-electron chi connectivity index (χ0n) is 10.9. The Morgan fingerprint density at radius 2 is 1.90 bits per heavy atom. The molecule has 1 amide bonds. The van der Waals surface area contributed by atoms with Crippen molar-refractivity contribution in [2.24, 2.45) is 0 Å². The maximum atomic E-state index is 13.4. The smallest absolute Gasteiger partial charge is 0.243 e. The van der Waals surface area contributed by atoms with Crippen LogP contribution in [0.4, 0.5) is 15.8 Å². The Bertz CT molecular complexity index is 712. The van der Waals surface area contributed by atoms with Gasteiger partial charge in [0.1, 0.15) is 17.4 Å². The normalized spacial score (nSPS) is 9.76. The number of carbonyl (C=O) groups is 1. The average Bonchev–Trinajstić information content (AvgIpc) is 2.47. The lowest BCUT2D eigenvalue weighted by atomic mass is 10.2. The van der Waals surface area contributed by atoms with Crippen molar-refractivity contribution >= 4 is 28.9 Å². The minimum absolute atomic E-state index is 0.108. The van der Waals surface area contributed by atoms with Crippen LogP contribution in [0.3, 0.4) is 0 Å². The topological polar surface area (TPSA) is 64.9 Å². The number of benzene rings is 2. The second kappa shape index (κ2) is 6.73. The zero-order valence-corrected chi connectivity index (χ0v) is 11.6. The van der Waals surface area contributed by atoms with E-state index < -0.39 is 5.82 Å².